The Hall–Kier alpha value is -3.51. The minimum Gasteiger partial charge on any atom is -0.378 e. The third-order valence-corrected chi connectivity index (χ3v) is 5.97. The van der Waals surface area contributed by atoms with E-state index in [0.29, 0.717) is 31.7 Å². The van der Waals surface area contributed by atoms with Gasteiger partial charge in [-0.1, -0.05) is 30.3 Å². The maximum absolute atomic E-state index is 13.0. The highest BCUT2D eigenvalue weighted by atomic mass is 16.5. The molecule has 0 unspecified atom stereocenters. The van der Waals surface area contributed by atoms with Crippen LogP contribution in [0.25, 0.3) is 17.0 Å². The Morgan fingerprint density at radius 2 is 1.84 bits per heavy atom. The Morgan fingerprint density at radius 1 is 1.00 bits per heavy atom. The third-order valence-electron chi connectivity index (χ3n) is 5.97. The summed E-state index contributed by atoms with van der Waals surface area (Å²) in [6.07, 6.45) is 4.87. The number of ketones is 1. The van der Waals surface area contributed by atoms with Gasteiger partial charge in [0.2, 0.25) is 5.91 Å². The van der Waals surface area contributed by atoms with Crippen LogP contribution in [0.4, 0.5) is 11.5 Å². The molecule has 0 radical (unpaired) electrons. The number of carbonyl (C=O) groups excluding carboxylic acids is 2. The van der Waals surface area contributed by atoms with Gasteiger partial charge in [0.05, 0.1) is 18.7 Å². The summed E-state index contributed by atoms with van der Waals surface area (Å²) in [6, 6.07) is 17.4. The van der Waals surface area contributed by atoms with Gasteiger partial charge in [0.1, 0.15) is 5.82 Å². The molecular weight excluding hydrogens is 402 g/mol. The Bertz CT molecular complexity index is 1200. The molecule has 32 heavy (non-hydrogen) atoms. The fourth-order valence-corrected chi connectivity index (χ4v) is 4.28. The Morgan fingerprint density at radius 3 is 2.66 bits per heavy atom. The highest BCUT2D eigenvalue weighted by molar-refractivity contribution is 6.08. The van der Waals surface area contributed by atoms with E-state index in [-0.39, 0.29) is 11.7 Å². The highest BCUT2D eigenvalue weighted by Gasteiger charge is 2.22. The van der Waals surface area contributed by atoms with Crippen LogP contribution in [0.15, 0.2) is 60.7 Å². The van der Waals surface area contributed by atoms with Gasteiger partial charge in [0, 0.05) is 48.3 Å². The molecule has 2 aliphatic rings. The van der Waals surface area contributed by atoms with Crippen LogP contribution in [0.2, 0.25) is 0 Å². The summed E-state index contributed by atoms with van der Waals surface area (Å²) in [4.78, 5) is 33.9. The Kier molecular flexibility index (Phi) is 5.69. The maximum Gasteiger partial charge on any atom is 0.227 e. The van der Waals surface area contributed by atoms with E-state index in [1.165, 1.54) is 0 Å². The van der Waals surface area contributed by atoms with Crippen molar-refractivity contribution in [3.8, 4) is 0 Å². The standard InChI is InChI=1S/C26H25N3O3/c30-24(20-6-3-7-22(18-20)29-12-4-9-25(29)31)11-10-21-17-19-5-1-2-8-23(19)27-26(21)28-13-15-32-16-14-28/h1-3,5-8,10-11,17-18H,4,9,12-16H2/b11-10+. The van der Waals surface area contributed by atoms with Gasteiger partial charge >= 0.3 is 0 Å². The molecule has 0 N–H and O–H groups in total. The highest BCUT2D eigenvalue weighted by Crippen LogP contribution is 2.26. The number of benzene rings is 2. The lowest BCUT2D eigenvalue weighted by Gasteiger charge is -2.29. The number of ether oxygens (including phenoxy) is 1. The van der Waals surface area contributed by atoms with Crippen molar-refractivity contribution in [3.05, 3.63) is 71.8 Å². The first-order valence-corrected chi connectivity index (χ1v) is 11.0. The average molecular weight is 428 g/mol. The van der Waals surface area contributed by atoms with E-state index >= 15 is 0 Å². The topological polar surface area (TPSA) is 62.7 Å². The van der Waals surface area contributed by atoms with Crippen LogP contribution in [0.3, 0.4) is 0 Å². The number of morpholine rings is 1. The van der Waals surface area contributed by atoms with Gasteiger partial charge in [-0.25, -0.2) is 4.98 Å². The molecule has 6 nitrogen and oxygen atoms in total. The van der Waals surface area contributed by atoms with E-state index in [9.17, 15) is 9.59 Å². The molecule has 1 aromatic heterocycles. The number of hydrogen-bond donors (Lipinski definition) is 0. The number of aromatic nitrogens is 1. The van der Waals surface area contributed by atoms with Crippen LogP contribution in [0, 0.1) is 0 Å². The van der Waals surface area contributed by atoms with Crippen LogP contribution in [-0.2, 0) is 9.53 Å². The van der Waals surface area contributed by atoms with Crippen molar-refractivity contribution in [3.63, 3.8) is 0 Å². The van der Waals surface area contributed by atoms with Crippen LogP contribution in [0.5, 0.6) is 0 Å². The minimum atomic E-state index is -0.0976. The van der Waals surface area contributed by atoms with Gasteiger partial charge in [-0.05, 0) is 42.8 Å². The molecule has 0 bridgehead atoms. The molecule has 0 saturated carbocycles. The van der Waals surface area contributed by atoms with E-state index < -0.39 is 0 Å². The van der Waals surface area contributed by atoms with Crippen LogP contribution in [-0.4, -0.2) is 49.5 Å². The monoisotopic (exact) mass is 427 g/mol. The second-order valence-electron chi connectivity index (χ2n) is 8.09. The number of allylic oxidation sites excluding steroid dienone is 1. The molecule has 3 aromatic rings. The number of nitrogens with zero attached hydrogens (tertiary/aromatic N) is 3. The zero-order valence-corrected chi connectivity index (χ0v) is 17.9. The summed E-state index contributed by atoms with van der Waals surface area (Å²) in [5, 5.41) is 1.03. The minimum absolute atomic E-state index is 0.0976. The normalized spacial score (nSPS) is 16.9. The van der Waals surface area contributed by atoms with Crippen LogP contribution in [0.1, 0.15) is 28.8 Å². The molecule has 0 spiro atoms. The first kappa shape index (κ1) is 20.4. The van der Waals surface area contributed by atoms with Crippen molar-refractivity contribution in [2.75, 3.05) is 42.6 Å². The van der Waals surface area contributed by atoms with Crippen LogP contribution >= 0.6 is 0 Å². The number of para-hydroxylation sites is 1. The molecule has 5 rings (SSSR count). The van der Waals surface area contributed by atoms with Gasteiger partial charge < -0.3 is 14.5 Å². The van der Waals surface area contributed by atoms with E-state index in [0.717, 1.165) is 47.5 Å². The number of hydrogen-bond acceptors (Lipinski definition) is 5. The van der Waals surface area contributed by atoms with Crippen molar-refractivity contribution < 1.29 is 14.3 Å². The summed E-state index contributed by atoms with van der Waals surface area (Å²) in [6.45, 7) is 3.58. The fourth-order valence-electron chi connectivity index (χ4n) is 4.28. The molecule has 2 fully saturated rings. The third kappa shape index (κ3) is 4.14. The Labute approximate surface area is 187 Å². The lowest BCUT2D eigenvalue weighted by atomic mass is 10.1. The number of rotatable bonds is 5. The molecule has 2 aliphatic heterocycles. The molecule has 2 saturated heterocycles. The molecule has 0 atom stereocenters. The van der Waals surface area contributed by atoms with E-state index in [2.05, 4.69) is 11.0 Å². The molecular formula is C26H25N3O3. The summed E-state index contributed by atoms with van der Waals surface area (Å²) in [5.74, 6) is 0.884. The number of fused-ring (bicyclic) bond motifs is 1. The number of anilines is 2. The largest absolute Gasteiger partial charge is 0.378 e. The molecule has 1 amide bonds. The van der Waals surface area contributed by atoms with Gasteiger partial charge in [-0.3, -0.25) is 9.59 Å². The number of pyridine rings is 1. The first-order valence-electron chi connectivity index (χ1n) is 11.0. The van der Waals surface area contributed by atoms with Gasteiger partial charge in [-0.2, -0.15) is 0 Å². The van der Waals surface area contributed by atoms with Crippen molar-refractivity contribution in [2.45, 2.75) is 12.8 Å². The fraction of sp³-hybridized carbons (Fsp3) is 0.269. The molecule has 6 heteroatoms. The molecule has 3 heterocycles. The van der Waals surface area contributed by atoms with Crippen molar-refractivity contribution in [1.29, 1.82) is 0 Å². The second kappa shape index (κ2) is 8.93. The predicted molar refractivity (Wildman–Crippen MR) is 126 cm³/mol. The van der Waals surface area contributed by atoms with E-state index in [4.69, 9.17) is 9.72 Å². The summed E-state index contributed by atoms with van der Waals surface area (Å²) >= 11 is 0. The lowest BCUT2D eigenvalue weighted by Crippen LogP contribution is -2.37. The second-order valence-corrected chi connectivity index (χ2v) is 8.09. The number of carbonyl (C=O) groups is 2. The average Bonchev–Trinajstić information content (AvgIpc) is 3.28. The Balaban J connectivity index is 1.45. The van der Waals surface area contributed by atoms with Gasteiger partial charge in [0.25, 0.3) is 0 Å². The van der Waals surface area contributed by atoms with Crippen molar-refractivity contribution in [1.82, 2.24) is 4.98 Å². The zero-order valence-electron chi connectivity index (χ0n) is 17.9. The smallest absolute Gasteiger partial charge is 0.227 e. The van der Waals surface area contributed by atoms with Crippen LogP contribution < -0.4 is 9.80 Å². The SMILES string of the molecule is O=C(/C=C/c1cc2ccccc2nc1N1CCOCC1)c1cccc(N2CCCC2=O)c1. The molecule has 0 aliphatic carbocycles. The van der Waals surface area contributed by atoms with E-state index in [1.54, 1.807) is 23.1 Å². The summed E-state index contributed by atoms with van der Waals surface area (Å²) in [7, 11) is 0. The summed E-state index contributed by atoms with van der Waals surface area (Å²) < 4.78 is 5.50. The summed E-state index contributed by atoms with van der Waals surface area (Å²) in [5.41, 5.74) is 3.19. The van der Waals surface area contributed by atoms with E-state index in [1.807, 2.05) is 42.5 Å². The number of amides is 1. The van der Waals surface area contributed by atoms with Crippen molar-refractivity contribution >= 4 is 40.2 Å². The quantitative estimate of drug-likeness (QED) is 0.453. The zero-order chi connectivity index (χ0) is 21.9. The van der Waals surface area contributed by atoms with Gasteiger partial charge in [-0.15, -0.1) is 0 Å². The van der Waals surface area contributed by atoms with Crippen molar-refractivity contribution in [2.24, 2.45) is 0 Å². The lowest BCUT2D eigenvalue weighted by molar-refractivity contribution is -0.117. The van der Waals surface area contributed by atoms with Gasteiger partial charge in [0.15, 0.2) is 5.78 Å². The molecule has 162 valence electrons. The first-order chi connectivity index (χ1) is 15.7. The predicted octanol–water partition coefficient (Wildman–Crippen LogP) is 4.09. The molecule has 2 aromatic carbocycles. The maximum atomic E-state index is 13.0.